The second-order valence-corrected chi connectivity index (χ2v) is 10.2. The Balaban J connectivity index is 1.51. The third kappa shape index (κ3) is 6.20. The first-order valence-electron chi connectivity index (χ1n) is 12.9. The van der Waals surface area contributed by atoms with E-state index in [-0.39, 0.29) is 0 Å². The number of benzene rings is 2. The Kier molecular flexibility index (Phi) is 8.88. The Bertz CT molecular complexity index is 905. The van der Waals surface area contributed by atoms with E-state index in [4.69, 9.17) is 9.47 Å². The SMILES string of the molecule is CCCCCCc1ccc(-c2sc(-c3ccc(CCCCCC)cc3)c3c2OCCO3)cc1. The summed E-state index contributed by atoms with van der Waals surface area (Å²) in [4.78, 5) is 2.36. The number of unbranched alkanes of at least 4 members (excludes halogenated alkanes) is 6. The molecule has 2 nitrogen and oxygen atoms in total. The highest BCUT2D eigenvalue weighted by atomic mass is 32.1. The monoisotopic (exact) mass is 462 g/mol. The second-order valence-electron chi connectivity index (χ2n) is 9.13. The van der Waals surface area contributed by atoms with Gasteiger partial charge in [0.15, 0.2) is 11.5 Å². The molecule has 0 atom stereocenters. The van der Waals surface area contributed by atoms with Gasteiger partial charge in [-0.3, -0.25) is 0 Å². The predicted octanol–water partition coefficient (Wildman–Crippen LogP) is 9.10. The van der Waals surface area contributed by atoms with E-state index in [0.717, 1.165) is 11.5 Å². The van der Waals surface area contributed by atoms with Gasteiger partial charge in [0.1, 0.15) is 13.2 Å². The number of fused-ring (bicyclic) bond motifs is 1. The van der Waals surface area contributed by atoms with E-state index in [0.29, 0.717) is 13.2 Å². The Morgan fingerprint density at radius 2 is 1.00 bits per heavy atom. The van der Waals surface area contributed by atoms with Gasteiger partial charge >= 0.3 is 0 Å². The van der Waals surface area contributed by atoms with Gasteiger partial charge in [-0.05, 0) is 47.9 Å². The molecule has 2 heterocycles. The zero-order chi connectivity index (χ0) is 22.9. The molecule has 1 aliphatic heterocycles. The minimum atomic E-state index is 0.613. The highest BCUT2D eigenvalue weighted by Crippen LogP contribution is 2.53. The molecular formula is C30H38O2S. The third-order valence-corrected chi connectivity index (χ3v) is 7.72. The summed E-state index contributed by atoms with van der Waals surface area (Å²) in [6.07, 6.45) is 12.8. The minimum absolute atomic E-state index is 0.613. The van der Waals surface area contributed by atoms with Crippen molar-refractivity contribution in [2.45, 2.75) is 78.1 Å². The molecule has 4 rings (SSSR count). The largest absolute Gasteiger partial charge is 0.485 e. The average molecular weight is 463 g/mol. The highest BCUT2D eigenvalue weighted by molar-refractivity contribution is 7.19. The zero-order valence-corrected chi connectivity index (χ0v) is 21.1. The Morgan fingerprint density at radius 1 is 0.576 bits per heavy atom. The van der Waals surface area contributed by atoms with Crippen LogP contribution >= 0.6 is 11.3 Å². The molecule has 0 radical (unpaired) electrons. The van der Waals surface area contributed by atoms with E-state index in [1.165, 1.54) is 96.2 Å². The maximum atomic E-state index is 6.12. The summed E-state index contributed by atoms with van der Waals surface area (Å²) in [5, 5.41) is 0. The second kappa shape index (κ2) is 12.3. The minimum Gasteiger partial charge on any atom is -0.485 e. The van der Waals surface area contributed by atoms with Gasteiger partial charge in [-0.1, -0.05) is 101 Å². The molecule has 1 aromatic heterocycles. The number of rotatable bonds is 12. The van der Waals surface area contributed by atoms with Gasteiger partial charge in [-0.15, -0.1) is 11.3 Å². The van der Waals surface area contributed by atoms with Crippen LogP contribution in [-0.4, -0.2) is 13.2 Å². The molecule has 1 aliphatic rings. The van der Waals surface area contributed by atoms with E-state index in [9.17, 15) is 0 Å². The van der Waals surface area contributed by atoms with Gasteiger partial charge in [0, 0.05) is 0 Å². The van der Waals surface area contributed by atoms with E-state index in [2.05, 4.69) is 62.4 Å². The van der Waals surface area contributed by atoms with E-state index in [1.807, 2.05) is 0 Å². The molecule has 0 aliphatic carbocycles. The fourth-order valence-corrected chi connectivity index (χ4v) is 5.69. The van der Waals surface area contributed by atoms with E-state index >= 15 is 0 Å². The lowest BCUT2D eigenvalue weighted by molar-refractivity contribution is 0.175. The normalized spacial score (nSPS) is 12.8. The van der Waals surface area contributed by atoms with E-state index < -0.39 is 0 Å². The number of ether oxygens (including phenoxy) is 2. The van der Waals surface area contributed by atoms with Crippen molar-refractivity contribution >= 4 is 11.3 Å². The van der Waals surface area contributed by atoms with Crippen LogP contribution in [0.4, 0.5) is 0 Å². The van der Waals surface area contributed by atoms with Crippen molar-refractivity contribution in [1.29, 1.82) is 0 Å². The summed E-state index contributed by atoms with van der Waals surface area (Å²) in [5.41, 5.74) is 5.29. The number of hydrogen-bond acceptors (Lipinski definition) is 3. The van der Waals surface area contributed by atoms with Gasteiger partial charge in [0.05, 0.1) is 9.75 Å². The standard InChI is InChI=1S/C30H38O2S/c1-3-5-7-9-11-23-13-17-25(18-14-23)29-27-28(32-22-21-31-27)30(33-29)26-19-15-24(16-20-26)12-10-8-6-4-2/h13-20H,3-12,21-22H2,1-2H3. The van der Waals surface area contributed by atoms with Crippen molar-refractivity contribution in [3.63, 3.8) is 0 Å². The molecule has 0 amide bonds. The third-order valence-electron chi connectivity index (χ3n) is 6.47. The Hall–Kier alpha value is -2.26. The lowest BCUT2D eigenvalue weighted by atomic mass is 10.0. The molecule has 176 valence electrons. The summed E-state index contributed by atoms with van der Waals surface area (Å²) in [6.45, 7) is 5.75. The van der Waals surface area contributed by atoms with Crippen molar-refractivity contribution in [2.24, 2.45) is 0 Å². The van der Waals surface area contributed by atoms with Crippen molar-refractivity contribution in [3.05, 3.63) is 59.7 Å². The molecule has 0 unspecified atom stereocenters. The molecule has 2 aromatic carbocycles. The maximum Gasteiger partial charge on any atom is 0.180 e. The van der Waals surface area contributed by atoms with E-state index in [1.54, 1.807) is 11.3 Å². The average Bonchev–Trinajstić information content (AvgIpc) is 3.25. The van der Waals surface area contributed by atoms with Gasteiger partial charge in [0.2, 0.25) is 0 Å². The molecule has 3 heteroatoms. The first-order chi connectivity index (χ1) is 16.3. The van der Waals surface area contributed by atoms with Crippen molar-refractivity contribution in [2.75, 3.05) is 13.2 Å². The van der Waals surface area contributed by atoms with Crippen LogP contribution in [-0.2, 0) is 12.8 Å². The smallest absolute Gasteiger partial charge is 0.180 e. The van der Waals surface area contributed by atoms with Crippen LogP contribution in [0.1, 0.15) is 76.3 Å². The van der Waals surface area contributed by atoms with Crippen molar-refractivity contribution in [3.8, 4) is 32.4 Å². The Morgan fingerprint density at radius 3 is 1.39 bits per heavy atom. The highest BCUT2D eigenvalue weighted by Gasteiger charge is 2.26. The molecule has 33 heavy (non-hydrogen) atoms. The molecule has 0 fully saturated rings. The Labute approximate surface area is 204 Å². The van der Waals surface area contributed by atoms with Crippen LogP contribution in [0.25, 0.3) is 20.9 Å². The van der Waals surface area contributed by atoms with Crippen LogP contribution in [0.2, 0.25) is 0 Å². The first-order valence-corrected chi connectivity index (χ1v) is 13.7. The number of thiophene rings is 1. The van der Waals surface area contributed by atoms with Gasteiger partial charge in [0.25, 0.3) is 0 Å². The van der Waals surface area contributed by atoms with Gasteiger partial charge < -0.3 is 9.47 Å². The maximum absolute atomic E-state index is 6.12. The van der Waals surface area contributed by atoms with Crippen molar-refractivity contribution in [1.82, 2.24) is 0 Å². The quantitative estimate of drug-likeness (QED) is 0.250. The molecule has 0 spiro atoms. The molecular weight excluding hydrogens is 424 g/mol. The summed E-state index contributed by atoms with van der Waals surface area (Å²) < 4.78 is 12.2. The number of aryl methyl sites for hydroxylation is 2. The van der Waals surface area contributed by atoms with Gasteiger partial charge in [-0.25, -0.2) is 0 Å². The molecule has 0 bridgehead atoms. The van der Waals surface area contributed by atoms with Crippen LogP contribution in [0.15, 0.2) is 48.5 Å². The number of hydrogen-bond donors (Lipinski definition) is 0. The van der Waals surface area contributed by atoms with Crippen molar-refractivity contribution < 1.29 is 9.47 Å². The van der Waals surface area contributed by atoms with Crippen LogP contribution in [0, 0.1) is 0 Å². The lowest BCUT2D eigenvalue weighted by Crippen LogP contribution is -2.14. The lowest BCUT2D eigenvalue weighted by Gasteiger charge is -2.17. The predicted molar refractivity (Wildman–Crippen MR) is 142 cm³/mol. The molecule has 0 N–H and O–H groups in total. The van der Waals surface area contributed by atoms with Crippen LogP contribution in [0.3, 0.4) is 0 Å². The summed E-state index contributed by atoms with van der Waals surface area (Å²) >= 11 is 1.79. The molecule has 3 aromatic rings. The molecule has 0 saturated carbocycles. The molecule has 0 saturated heterocycles. The van der Waals surface area contributed by atoms with Crippen LogP contribution < -0.4 is 9.47 Å². The first kappa shape index (κ1) is 23.9. The summed E-state index contributed by atoms with van der Waals surface area (Å²) in [7, 11) is 0. The fourth-order valence-electron chi connectivity index (χ4n) is 4.49. The topological polar surface area (TPSA) is 18.5 Å². The zero-order valence-electron chi connectivity index (χ0n) is 20.3. The summed E-state index contributed by atoms with van der Waals surface area (Å²) in [6, 6.07) is 18.1. The fraction of sp³-hybridized carbons (Fsp3) is 0.467. The summed E-state index contributed by atoms with van der Waals surface area (Å²) in [5.74, 6) is 1.83. The van der Waals surface area contributed by atoms with Gasteiger partial charge in [-0.2, -0.15) is 0 Å². The van der Waals surface area contributed by atoms with Crippen LogP contribution in [0.5, 0.6) is 11.5 Å².